The van der Waals surface area contributed by atoms with E-state index >= 15 is 0 Å². The number of hydrogen-bond donors (Lipinski definition) is 1. The van der Waals surface area contributed by atoms with Gasteiger partial charge in [-0.15, -0.1) is 6.58 Å². The Morgan fingerprint density at radius 1 is 1.17 bits per heavy atom. The van der Waals surface area contributed by atoms with E-state index in [1.807, 2.05) is 60.0 Å². The topological polar surface area (TPSA) is 64.7 Å². The van der Waals surface area contributed by atoms with Crippen molar-refractivity contribution in [1.29, 1.82) is 0 Å². The van der Waals surface area contributed by atoms with E-state index in [1.165, 1.54) is 0 Å². The number of halogens is 1. The van der Waals surface area contributed by atoms with Gasteiger partial charge in [-0.05, 0) is 30.2 Å². The Labute approximate surface area is 173 Å². The van der Waals surface area contributed by atoms with Crippen LogP contribution in [0.1, 0.15) is 11.1 Å². The largest absolute Gasteiger partial charge is 0.325 e. The molecule has 0 fully saturated rings. The second-order valence-electron chi connectivity index (χ2n) is 6.71. The van der Waals surface area contributed by atoms with Crippen LogP contribution in [0.5, 0.6) is 0 Å². The molecular weight excluding hydrogens is 386 g/mol. The standard InChI is InChI=1S/C22H20ClN5O/c1-3-12-27-14-24-20-19(27)21(29)26-22(25-18-11-7-10-17(23)15(18)2)28(20)13-16-8-5-4-6-9-16/h3-11,14H,1,12-13H2,2H3,(H,25,26,29). The van der Waals surface area contributed by atoms with Gasteiger partial charge >= 0.3 is 5.56 Å². The molecule has 0 atom stereocenters. The van der Waals surface area contributed by atoms with Crippen LogP contribution in [0, 0.1) is 6.92 Å². The summed E-state index contributed by atoms with van der Waals surface area (Å²) in [5, 5.41) is 3.92. The van der Waals surface area contributed by atoms with Gasteiger partial charge in [0.15, 0.2) is 11.2 Å². The molecule has 0 radical (unpaired) electrons. The Kier molecular flexibility index (Phi) is 5.18. The molecule has 0 unspecified atom stereocenters. The SMILES string of the molecule is C=CCn1cnc2c1c(=O)nc(Nc1cccc(Cl)c1C)n2Cc1ccccc1. The zero-order valence-corrected chi connectivity index (χ0v) is 16.7. The summed E-state index contributed by atoms with van der Waals surface area (Å²) in [4.78, 5) is 21.7. The number of allylic oxidation sites excluding steroid dienone is 1. The molecule has 0 aliphatic carbocycles. The summed E-state index contributed by atoms with van der Waals surface area (Å²) in [6, 6.07) is 15.6. The van der Waals surface area contributed by atoms with Crippen molar-refractivity contribution in [1.82, 2.24) is 19.1 Å². The maximum Gasteiger partial charge on any atom is 0.300 e. The molecule has 6 nitrogen and oxygen atoms in total. The van der Waals surface area contributed by atoms with E-state index in [0.29, 0.717) is 35.2 Å². The third-order valence-corrected chi connectivity index (χ3v) is 5.17. The smallest absolute Gasteiger partial charge is 0.300 e. The van der Waals surface area contributed by atoms with Crippen LogP contribution in [-0.4, -0.2) is 19.1 Å². The lowest BCUT2D eigenvalue weighted by Gasteiger charge is -2.16. The summed E-state index contributed by atoms with van der Waals surface area (Å²) in [5.74, 6) is 0.417. The fraction of sp³-hybridized carbons (Fsp3) is 0.136. The number of anilines is 2. The minimum absolute atomic E-state index is 0.342. The van der Waals surface area contributed by atoms with Crippen LogP contribution in [-0.2, 0) is 13.1 Å². The van der Waals surface area contributed by atoms with Crippen molar-refractivity contribution in [2.24, 2.45) is 0 Å². The lowest BCUT2D eigenvalue weighted by Crippen LogP contribution is -2.20. The number of imidazole rings is 1. The zero-order valence-electron chi connectivity index (χ0n) is 16.0. The quantitative estimate of drug-likeness (QED) is 0.478. The van der Waals surface area contributed by atoms with Gasteiger partial charge < -0.3 is 9.88 Å². The highest BCUT2D eigenvalue weighted by Crippen LogP contribution is 2.26. The predicted octanol–water partition coefficient (Wildman–Crippen LogP) is 4.53. The third kappa shape index (κ3) is 3.67. The molecule has 0 saturated carbocycles. The molecule has 2 heterocycles. The van der Waals surface area contributed by atoms with Gasteiger partial charge in [0.05, 0.1) is 12.9 Å². The Morgan fingerprint density at radius 3 is 2.72 bits per heavy atom. The first-order valence-corrected chi connectivity index (χ1v) is 9.59. The Bertz CT molecular complexity index is 1240. The van der Waals surface area contributed by atoms with Crippen molar-refractivity contribution in [2.45, 2.75) is 20.0 Å². The van der Waals surface area contributed by atoms with Crippen LogP contribution < -0.4 is 10.9 Å². The van der Waals surface area contributed by atoms with Crippen LogP contribution in [0.15, 0.2) is 72.3 Å². The van der Waals surface area contributed by atoms with Gasteiger partial charge in [-0.3, -0.25) is 9.36 Å². The fourth-order valence-corrected chi connectivity index (χ4v) is 3.42. The molecule has 1 N–H and O–H groups in total. The molecule has 0 aliphatic rings. The average molecular weight is 406 g/mol. The highest BCUT2D eigenvalue weighted by atomic mass is 35.5. The number of aromatic nitrogens is 4. The van der Waals surface area contributed by atoms with Crippen LogP contribution in [0.25, 0.3) is 11.2 Å². The maximum absolute atomic E-state index is 12.8. The fourth-order valence-electron chi connectivity index (χ4n) is 3.25. The molecule has 0 aliphatic heterocycles. The molecule has 0 amide bonds. The summed E-state index contributed by atoms with van der Waals surface area (Å²) in [6.45, 7) is 6.67. The van der Waals surface area contributed by atoms with Crippen molar-refractivity contribution >= 4 is 34.4 Å². The van der Waals surface area contributed by atoms with E-state index in [0.717, 1.165) is 16.8 Å². The average Bonchev–Trinajstić information content (AvgIpc) is 3.14. The molecular formula is C22H20ClN5O. The summed E-state index contributed by atoms with van der Waals surface area (Å²) in [7, 11) is 0. The number of nitrogens with one attached hydrogen (secondary N) is 1. The first-order chi connectivity index (χ1) is 14.1. The number of rotatable bonds is 6. The Morgan fingerprint density at radius 2 is 1.97 bits per heavy atom. The summed E-state index contributed by atoms with van der Waals surface area (Å²) >= 11 is 6.26. The van der Waals surface area contributed by atoms with Gasteiger partial charge in [0, 0.05) is 17.3 Å². The summed E-state index contributed by atoms with van der Waals surface area (Å²) < 4.78 is 3.67. The lowest BCUT2D eigenvalue weighted by molar-refractivity contribution is 0.797. The maximum atomic E-state index is 12.8. The monoisotopic (exact) mass is 405 g/mol. The molecule has 0 bridgehead atoms. The zero-order chi connectivity index (χ0) is 20.4. The molecule has 0 spiro atoms. The summed E-state index contributed by atoms with van der Waals surface area (Å²) in [5.41, 5.74) is 3.42. The van der Waals surface area contributed by atoms with Crippen molar-refractivity contribution in [3.63, 3.8) is 0 Å². The number of fused-ring (bicyclic) bond motifs is 1. The van der Waals surface area contributed by atoms with Crippen LogP contribution in [0.3, 0.4) is 0 Å². The van der Waals surface area contributed by atoms with E-state index in [9.17, 15) is 4.79 Å². The third-order valence-electron chi connectivity index (χ3n) is 4.76. The van der Waals surface area contributed by atoms with E-state index in [2.05, 4.69) is 21.9 Å². The van der Waals surface area contributed by atoms with E-state index in [1.54, 1.807) is 17.0 Å². The highest BCUT2D eigenvalue weighted by molar-refractivity contribution is 6.31. The number of hydrogen-bond acceptors (Lipinski definition) is 4. The van der Waals surface area contributed by atoms with Crippen molar-refractivity contribution in [3.8, 4) is 0 Å². The van der Waals surface area contributed by atoms with E-state index < -0.39 is 0 Å². The lowest BCUT2D eigenvalue weighted by atomic mass is 10.2. The molecule has 146 valence electrons. The molecule has 4 aromatic rings. The number of nitrogens with zero attached hydrogens (tertiary/aromatic N) is 4. The van der Waals surface area contributed by atoms with Crippen LogP contribution in [0.4, 0.5) is 11.6 Å². The highest BCUT2D eigenvalue weighted by Gasteiger charge is 2.17. The van der Waals surface area contributed by atoms with Crippen molar-refractivity contribution in [2.75, 3.05) is 5.32 Å². The second-order valence-corrected chi connectivity index (χ2v) is 7.11. The van der Waals surface area contributed by atoms with E-state index in [4.69, 9.17) is 11.6 Å². The molecule has 2 aromatic heterocycles. The molecule has 29 heavy (non-hydrogen) atoms. The molecule has 2 aromatic carbocycles. The minimum Gasteiger partial charge on any atom is -0.325 e. The number of benzene rings is 2. The normalized spacial score (nSPS) is 11.0. The van der Waals surface area contributed by atoms with Gasteiger partial charge in [-0.1, -0.05) is 54.1 Å². The molecule has 0 saturated heterocycles. The Balaban J connectivity index is 1.90. The Hall–Kier alpha value is -3.38. The minimum atomic E-state index is -0.342. The predicted molar refractivity (Wildman–Crippen MR) is 117 cm³/mol. The van der Waals surface area contributed by atoms with Crippen molar-refractivity contribution < 1.29 is 0 Å². The molecule has 4 rings (SSSR count). The van der Waals surface area contributed by atoms with Crippen LogP contribution in [0.2, 0.25) is 5.02 Å². The molecule has 7 heteroatoms. The van der Waals surface area contributed by atoms with Gasteiger partial charge in [-0.2, -0.15) is 4.98 Å². The first kappa shape index (κ1) is 19.0. The van der Waals surface area contributed by atoms with Gasteiger partial charge in [0.1, 0.15) is 0 Å². The van der Waals surface area contributed by atoms with Crippen LogP contribution >= 0.6 is 11.6 Å². The first-order valence-electron chi connectivity index (χ1n) is 9.21. The second kappa shape index (κ2) is 7.93. The van der Waals surface area contributed by atoms with Gasteiger partial charge in [-0.25, -0.2) is 4.98 Å². The van der Waals surface area contributed by atoms with Crippen molar-refractivity contribution in [3.05, 3.63) is 94.0 Å². The van der Waals surface area contributed by atoms with Gasteiger partial charge in [0.25, 0.3) is 0 Å². The van der Waals surface area contributed by atoms with E-state index in [-0.39, 0.29) is 5.56 Å². The summed E-state index contributed by atoms with van der Waals surface area (Å²) in [6.07, 6.45) is 3.37. The van der Waals surface area contributed by atoms with Gasteiger partial charge in [0.2, 0.25) is 5.95 Å².